The van der Waals surface area contributed by atoms with Crippen LogP contribution in [-0.2, 0) is 16.0 Å². The van der Waals surface area contributed by atoms with E-state index in [0.717, 1.165) is 49.8 Å². The highest BCUT2D eigenvalue weighted by atomic mass is 16.2. The first kappa shape index (κ1) is 40.3. The minimum Gasteiger partial charge on any atom is -0.274 e. The molecule has 1 rings (SSSR count). The molecule has 0 saturated heterocycles. The highest BCUT2D eigenvalue weighted by Crippen LogP contribution is 2.24. The van der Waals surface area contributed by atoms with Gasteiger partial charge < -0.3 is 0 Å². The van der Waals surface area contributed by atoms with Crippen molar-refractivity contribution in [2.45, 2.75) is 213 Å². The Balaban J connectivity index is 2.35. The average molecular weight is 613 g/mol. The molecular formula is C40H72N2O2. The van der Waals surface area contributed by atoms with E-state index in [2.05, 4.69) is 25.8 Å². The van der Waals surface area contributed by atoms with E-state index in [0.29, 0.717) is 12.8 Å². The van der Waals surface area contributed by atoms with Gasteiger partial charge in [-0.2, -0.15) is 0 Å². The van der Waals surface area contributed by atoms with Crippen molar-refractivity contribution >= 4 is 17.5 Å². The Morgan fingerprint density at radius 1 is 0.500 bits per heavy atom. The molecule has 0 N–H and O–H groups in total. The number of aryl methyl sites for hydroxylation is 1. The largest absolute Gasteiger partial charge is 0.274 e. The molecule has 0 fully saturated rings. The van der Waals surface area contributed by atoms with E-state index < -0.39 is 0 Å². The zero-order chi connectivity index (χ0) is 31.9. The normalized spacial score (nSPS) is 11.2. The van der Waals surface area contributed by atoms with Gasteiger partial charge in [-0.1, -0.05) is 181 Å². The lowest BCUT2D eigenvalue weighted by Crippen LogP contribution is -2.37. The van der Waals surface area contributed by atoms with Crippen LogP contribution >= 0.6 is 0 Å². The van der Waals surface area contributed by atoms with Crippen molar-refractivity contribution in [1.29, 1.82) is 0 Å². The molecule has 0 aliphatic rings. The molecule has 1 heterocycles. The van der Waals surface area contributed by atoms with Crippen LogP contribution in [0.5, 0.6) is 0 Å². The summed E-state index contributed by atoms with van der Waals surface area (Å²) in [6.45, 7) is 6.68. The van der Waals surface area contributed by atoms with Gasteiger partial charge in [0.2, 0.25) is 11.8 Å². The Bertz CT molecular complexity index is 766. The number of imide groups is 1. The molecular weight excluding hydrogens is 540 g/mol. The number of aromatic nitrogens is 1. The van der Waals surface area contributed by atoms with E-state index >= 15 is 0 Å². The number of carbonyl (C=O) groups is 2. The Labute approximate surface area is 274 Å². The number of amides is 2. The molecule has 1 aromatic rings. The van der Waals surface area contributed by atoms with E-state index in [-0.39, 0.29) is 11.8 Å². The number of hydrogen-bond acceptors (Lipinski definition) is 3. The highest BCUT2D eigenvalue weighted by Gasteiger charge is 2.24. The van der Waals surface area contributed by atoms with Gasteiger partial charge >= 0.3 is 0 Å². The van der Waals surface area contributed by atoms with Gasteiger partial charge in [0.15, 0.2) is 0 Å². The Morgan fingerprint density at radius 2 is 0.841 bits per heavy atom. The smallest absolute Gasteiger partial charge is 0.233 e. The summed E-state index contributed by atoms with van der Waals surface area (Å²) in [6.07, 6.45) is 39.7. The number of unbranched alkanes of at least 4 members (excludes halogenated alkanes) is 24. The molecule has 0 radical (unpaired) electrons. The van der Waals surface area contributed by atoms with Crippen molar-refractivity contribution < 1.29 is 9.59 Å². The van der Waals surface area contributed by atoms with Crippen LogP contribution in [0.4, 0.5) is 5.69 Å². The van der Waals surface area contributed by atoms with Gasteiger partial charge in [0.05, 0.1) is 5.69 Å². The highest BCUT2D eigenvalue weighted by molar-refractivity contribution is 6.15. The van der Waals surface area contributed by atoms with E-state index in [1.807, 2.05) is 12.3 Å². The zero-order valence-corrected chi connectivity index (χ0v) is 29.7. The minimum atomic E-state index is -0.0312. The molecule has 4 heteroatoms. The molecule has 4 nitrogen and oxygen atoms in total. The standard InChI is InChI=1S/C40H72N2O2/c1-4-7-9-11-13-15-17-19-21-23-25-27-29-32-39(43)42(38-34-35-41-36-37(38)31-6-3)40(44)33-30-28-26-24-22-20-18-16-14-12-10-8-5-2/h34-36H,4-33H2,1-3H3. The number of anilines is 1. The average Bonchev–Trinajstić information content (AvgIpc) is 3.03. The van der Waals surface area contributed by atoms with Crippen molar-refractivity contribution in [1.82, 2.24) is 4.98 Å². The lowest BCUT2D eigenvalue weighted by Gasteiger charge is -2.23. The topological polar surface area (TPSA) is 50.3 Å². The van der Waals surface area contributed by atoms with Crippen molar-refractivity contribution in [2.75, 3.05) is 4.90 Å². The first-order chi connectivity index (χ1) is 21.7. The van der Waals surface area contributed by atoms with Crippen LogP contribution in [-0.4, -0.2) is 16.8 Å². The fraction of sp³-hybridized carbons (Fsp3) is 0.825. The summed E-state index contributed by atoms with van der Waals surface area (Å²) in [5, 5.41) is 0. The molecule has 0 aliphatic carbocycles. The van der Waals surface area contributed by atoms with E-state index in [9.17, 15) is 9.59 Å². The summed E-state index contributed by atoms with van der Waals surface area (Å²) in [4.78, 5) is 32.7. The van der Waals surface area contributed by atoms with Gasteiger partial charge in [0.1, 0.15) is 0 Å². The second-order valence-electron chi connectivity index (χ2n) is 13.4. The predicted octanol–water partition coefficient (Wildman–Crippen LogP) is 12.9. The molecule has 0 bridgehead atoms. The monoisotopic (exact) mass is 613 g/mol. The SMILES string of the molecule is CCCCCCCCCCCCCCCC(=O)N(C(=O)CCCCCCCCCCCCCCC)c1ccncc1CCC. The maximum absolute atomic E-state index is 13.5. The van der Waals surface area contributed by atoms with E-state index in [4.69, 9.17) is 0 Å². The van der Waals surface area contributed by atoms with Crippen molar-refractivity contribution in [2.24, 2.45) is 0 Å². The lowest BCUT2D eigenvalue weighted by molar-refractivity contribution is -0.126. The van der Waals surface area contributed by atoms with Crippen molar-refractivity contribution in [3.63, 3.8) is 0 Å². The van der Waals surface area contributed by atoms with Crippen LogP contribution in [0.3, 0.4) is 0 Å². The quantitative estimate of drug-likeness (QED) is 0.0784. The molecule has 254 valence electrons. The number of rotatable bonds is 31. The molecule has 44 heavy (non-hydrogen) atoms. The Kier molecular flexibility index (Phi) is 27.5. The molecule has 1 aromatic heterocycles. The molecule has 0 aromatic carbocycles. The molecule has 0 saturated carbocycles. The van der Waals surface area contributed by atoms with Crippen LogP contribution in [0.25, 0.3) is 0 Å². The third-order valence-corrected chi connectivity index (χ3v) is 9.13. The van der Waals surface area contributed by atoms with Crippen LogP contribution in [0, 0.1) is 0 Å². The van der Waals surface area contributed by atoms with Crippen molar-refractivity contribution in [3.8, 4) is 0 Å². The van der Waals surface area contributed by atoms with Gasteiger partial charge in [0.25, 0.3) is 0 Å². The summed E-state index contributed by atoms with van der Waals surface area (Å²) in [5.41, 5.74) is 1.77. The van der Waals surface area contributed by atoms with Crippen LogP contribution < -0.4 is 4.90 Å². The third-order valence-electron chi connectivity index (χ3n) is 9.13. The number of nitrogens with zero attached hydrogens (tertiary/aromatic N) is 2. The Morgan fingerprint density at radius 3 is 1.18 bits per heavy atom. The van der Waals surface area contributed by atoms with Crippen LogP contribution in [0.1, 0.15) is 213 Å². The summed E-state index contributed by atoms with van der Waals surface area (Å²) >= 11 is 0. The summed E-state index contributed by atoms with van der Waals surface area (Å²) in [5.74, 6) is -0.0624. The molecule has 0 spiro atoms. The number of pyridine rings is 1. The molecule has 2 amide bonds. The van der Waals surface area contributed by atoms with Crippen LogP contribution in [0.2, 0.25) is 0 Å². The van der Waals surface area contributed by atoms with E-state index in [1.165, 1.54) is 146 Å². The second-order valence-corrected chi connectivity index (χ2v) is 13.4. The van der Waals surface area contributed by atoms with Gasteiger partial charge in [-0.05, 0) is 30.9 Å². The second kappa shape index (κ2) is 30.0. The summed E-state index contributed by atoms with van der Waals surface area (Å²) in [6, 6.07) is 1.87. The van der Waals surface area contributed by atoms with Gasteiger partial charge in [0, 0.05) is 25.2 Å². The number of hydrogen-bond donors (Lipinski definition) is 0. The fourth-order valence-corrected chi connectivity index (χ4v) is 6.32. The Hall–Kier alpha value is -1.71. The van der Waals surface area contributed by atoms with Gasteiger partial charge in [-0.3, -0.25) is 19.5 Å². The number of carbonyl (C=O) groups excluding carboxylic acids is 2. The lowest BCUT2D eigenvalue weighted by atomic mass is 10.0. The maximum atomic E-state index is 13.5. The predicted molar refractivity (Wildman–Crippen MR) is 191 cm³/mol. The summed E-state index contributed by atoms with van der Waals surface area (Å²) in [7, 11) is 0. The molecule has 0 unspecified atom stereocenters. The first-order valence-electron chi connectivity index (χ1n) is 19.4. The fourth-order valence-electron chi connectivity index (χ4n) is 6.32. The maximum Gasteiger partial charge on any atom is 0.233 e. The zero-order valence-electron chi connectivity index (χ0n) is 29.7. The van der Waals surface area contributed by atoms with E-state index in [1.54, 1.807) is 6.20 Å². The molecule has 0 atom stereocenters. The first-order valence-corrected chi connectivity index (χ1v) is 19.4. The summed E-state index contributed by atoms with van der Waals surface area (Å²) < 4.78 is 0. The van der Waals surface area contributed by atoms with Crippen molar-refractivity contribution in [3.05, 3.63) is 24.0 Å². The van der Waals surface area contributed by atoms with Gasteiger partial charge in [-0.15, -0.1) is 0 Å². The van der Waals surface area contributed by atoms with Crippen LogP contribution in [0.15, 0.2) is 18.5 Å². The third kappa shape index (κ3) is 21.1. The minimum absolute atomic E-state index is 0.0312. The molecule has 0 aliphatic heterocycles. The van der Waals surface area contributed by atoms with Gasteiger partial charge in [-0.25, -0.2) is 0 Å².